The summed E-state index contributed by atoms with van der Waals surface area (Å²) in [7, 11) is 1.48. The van der Waals surface area contributed by atoms with E-state index in [0.29, 0.717) is 31.8 Å². The van der Waals surface area contributed by atoms with Gasteiger partial charge in [-0.3, -0.25) is 4.79 Å². The lowest BCUT2D eigenvalue weighted by molar-refractivity contribution is 0.0125. The molecule has 0 saturated carbocycles. The van der Waals surface area contributed by atoms with E-state index < -0.39 is 11.4 Å². The molecule has 110 valence electrons. The normalized spacial score (nSPS) is 17.5. The molecule has 1 heterocycles. The van der Waals surface area contributed by atoms with Crippen LogP contribution in [0.15, 0.2) is 18.2 Å². The number of benzene rings is 1. The second-order valence-electron chi connectivity index (χ2n) is 4.89. The van der Waals surface area contributed by atoms with Gasteiger partial charge in [-0.05, 0) is 25.0 Å². The molecule has 0 aromatic heterocycles. The lowest BCUT2D eigenvalue weighted by atomic mass is 9.90. The first-order valence-electron chi connectivity index (χ1n) is 6.48. The monoisotopic (exact) mass is 281 g/mol. The summed E-state index contributed by atoms with van der Waals surface area (Å²) in [6.07, 6.45) is 1.10. The second-order valence-corrected chi connectivity index (χ2v) is 4.89. The van der Waals surface area contributed by atoms with Gasteiger partial charge in [0, 0.05) is 19.3 Å². The van der Waals surface area contributed by atoms with E-state index >= 15 is 0 Å². The van der Waals surface area contributed by atoms with Crippen LogP contribution < -0.4 is 10.1 Å². The van der Waals surface area contributed by atoms with Gasteiger partial charge in [-0.15, -0.1) is 0 Å². The van der Waals surface area contributed by atoms with E-state index in [0.717, 1.165) is 0 Å². The molecule has 1 amide bonds. The van der Waals surface area contributed by atoms with Crippen LogP contribution in [0, 0.1) is 0 Å². The largest absolute Gasteiger partial charge is 0.507 e. The molecule has 0 atom stereocenters. The van der Waals surface area contributed by atoms with Crippen LogP contribution in [0.2, 0.25) is 0 Å². The van der Waals surface area contributed by atoms with Crippen molar-refractivity contribution in [2.75, 3.05) is 26.9 Å². The Morgan fingerprint density at radius 3 is 2.70 bits per heavy atom. The number of nitrogens with one attached hydrogen (secondary N) is 1. The van der Waals surface area contributed by atoms with Gasteiger partial charge in [-0.2, -0.15) is 0 Å². The third-order valence-corrected chi connectivity index (χ3v) is 3.58. The van der Waals surface area contributed by atoms with E-state index in [2.05, 4.69) is 5.32 Å². The van der Waals surface area contributed by atoms with Gasteiger partial charge in [0.25, 0.3) is 5.91 Å². The number of phenolic OH excluding ortho intramolecular Hbond substituents is 1. The van der Waals surface area contributed by atoms with Gasteiger partial charge in [0.2, 0.25) is 0 Å². The Labute approximate surface area is 117 Å². The summed E-state index contributed by atoms with van der Waals surface area (Å²) < 4.78 is 10.2. The van der Waals surface area contributed by atoms with Crippen molar-refractivity contribution < 1.29 is 24.5 Å². The van der Waals surface area contributed by atoms with E-state index in [9.17, 15) is 15.0 Å². The smallest absolute Gasteiger partial charge is 0.255 e. The quantitative estimate of drug-likeness (QED) is 0.755. The van der Waals surface area contributed by atoms with Crippen molar-refractivity contribution in [3.05, 3.63) is 23.8 Å². The first-order chi connectivity index (χ1) is 9.60. The zero-order chi connectivity index (χ0) is 14.6. The number of hydrogen-bond acceptors (Lipinski definition) is 5. The van der Waals surface area contributed by atoms with Gasteiger partial charge >= 0.3 is 0 Å². The molecule has 3 N–H and O–H groups in total. The predicted octanol–water partition coefficient (Wildman–Crippen LogP) is 0.672. The van der Waals surface area contributed by atoms with Crippen molar-refractivity contribution in [1.82, 2.24) is 5.32 Å². The number of hydrogen-bond donors (Lipinski definition) is 3. The molecule has 0 bridgehead atoms. The molecule has 0 aliphatic carbocycles. The van der Waals surface area contributed by atoms with Crippen LogP contribution in [-0.2, 0) is 4.74 Å². The number of phenols is 1. The first kappa shape index (κ1) is 14.6. The number of aromatic hydroxyl groups is 1. The van der Waals surface area contributed by atoms with Gasteiger partial charge in [0.15, 0.2) is 0 Å². The Bertz CT molecular complexity index is 482. The molecule has 1 aromatic carbocycles. The zero-order valence-electron chi connectivity index (χ0n) is 11.4. The highest BCUT2D eigenvalue weighted by atomic mass is 16.5. The highest BCUT2D eigenvalue weighted by Crippen LogP contribution is 2.25. The Morgan fingerprint density at radius 2 is 2.15 bits per heavy atom. The number of carbonyl (C=O) groups excluding carboxylic acids is 1. The molecule has 0 spiro atoms. The fourth-order valence-corrected chi connectivity index (χ4v) is 2.22. The summed E-state index contributed by atoms with van der Waals surface area (Å²) in [6, 6.07) is 4.47. The average Bonchev–Trinajstić information content (AvgIpc) is 2.47. The maximum Gasteiger partial charge on any atom is 0.255 e. The Balaban J connectivity index is 2.14. The Morgan fingerprint density at radius 1 is 1.45 bits per heavy atom. The molecule has 0 radical (unpaired) electrons. The molecule has 1 aliphatic heterocycles. The molecule has 6 heteroatoms. The van der Waals surface area contributed by atoms with Crippen LogP contribution in [-0.4, -0.2) is 48.6 Å². The summed E-state index contributed by atoms with van der Waals surface area (Å²) >= 11 is 0. The van der Waals surface area contributed by atoms with Crippen molar-refractivity contribution >= 4 is 5.91 Å². The van der Waals surface area contributed by atoms with E-state index in [1.807, 2.05) is 0 Å². The van der Waals surface area contributed by atoms with E-state index in [-0.39, 0.29) is 17.9 Å². The molecule has 0 unspecified atom stereocenters. The molecule has 1 saturated heterocycles. The molecule has 20 heavy (non-hydrogen) atoms. The van der Waals surface area contributed by atoms with Gasteiger partial charge in [-0.1, -0.05) is 0 Å². The number of amides is 1. The minimum atomic E-state index is -0.679. The topological polar surface area (TPSA) is 88.0 Å². The van der Waals surface area contributed by atoms with Gasteiger partial charge in [-0.25, -0.2) is 0 Å². The van der Waals surface area contributed by atoms with E-state index in [1.165, 1.54) is 19.2 Å². The third-order valence-electron chi connectivity index (χ3n) is 3.58. The number of methoxy groups -OCH3 is 1. The molecular weight excluding hydrogens is 262 g/mol. The standard InChI is InChI=1S/C14H19NO5/c1-19-10-2-3-11(12(17)8-10)13(18)15-14(9-16)4-6-20-7-5-14/h2-3,8,16-17H,4-7,9H2,1H3,(H,15,18). The number of carbonyl (C=O) groups is 1. The summed E-state index contributed by atoms with van der Waals surface area (Å²) in [5.74, 6) is -0.0925. The lowest BCUT2D eigenvalue weighted by Gasteiger charge is -2.36. The molecule has 2 rings (SSSR count). The Hall–Kier alpha value is -1.79. The fourth-order valence-electron chi connectivity index (χ4n) is 2.22. The number of rotatable bonds is 4. The van der Waals surface area contributed by atoms with Crippen molar-refractivity contribution in [3.8, 4) is 11.5 Å². The zero-order valence-corrected chi connectivity index (χ0v) is 11.4. The number of ether oxygens (including phenoxy) is 2. The maximum absolute atomic E-state index is 12.2. The maximum atomic E-state index is 12.2. The van der Waals surface area contributed by atoms with Gasteiger partial charge in [0.1, 0.15) is 11.5 Å². The predicted molar refractivity (Wildman–Crippen MR) is 72.0 cm³/mol. The van der Waals surface area contributed by atoms with Crippen LogP contribution >= 0.6 is 0 Å². The van der Waals surface area contributed by atoms with Gasteiger partial charge < -0.3 is 25.0 Å². The van der Waals surface area contributed by atoms with Crippen LogP contribution in [0.5, 0.6) is 11.5 Å². The van der Waals surface area contributed by atoms with E-state index in [1.54, 1.807) is 6.07 Å². The highest BCUT2D eigenvalue weighted by Gasteiger charge is 2.34. The minimum Gasteiger partial charge on any atom is -0.507 e. The highest BCUT2D eigenvalue weighted by molar-refractivity contribution is 5.97. The van der Waals surface area contributed by atoms with Crippen molar-refractivity contribution in [1.29, 1.82) is 0 Å². The average molecular weight is 281 g/mol. The molecular formula is C14H19NO5. The molecule has 6 nitrogen and oxygen atoms in total. The summed E-state index contributed by atoms with van der Waals surface area (Å²) in [6.45, 7) is 0.837. The molecule has 1 aliphatic rings. The van der Waals surface area contributed by atoms with Crippen LogP contribution in [0.25, 0.3) is 0 Å². The third kappa shape index (κ3) is 3.02. The minimum absolute atomic E-state index is 0.151. The van der Waals surface area contributed by atoms with Crippen LogP contribution in [0.4, 0.5) is 0 Å². The number of aliphatic hydroxyl groups excluding tert-OH is 1. The lowest BCUT2D eigenvalue weighted by Crippen LogP contribution is -2.54. The summed E-state index contributed by atoms with van der Waals surface area (Å²) in [5, 5.41) is 22.2. The number of aliphatic hydroxyl groups is 1. The van der Waals surface area contributed by atoms with Gasteiger partial charge in [0.05, 0.1) is 24.8 Å². The molecule has 1 fully saturated rings. The van der Waals surface area contributed by atoms with Crippen molar-refractivity contribution in [2.24, 2.45) is 0 Å². The molecule has 1 aromatic rings. The van der Waals surface area contributed by atoms with Crippen LogP contribution in [0.3, 0.4) is 0 Å². The summed E-state index contributed by atoms with van der Waals surface area (Å²) in [4.78, 5) is 12.2. The first-order valence-corrected chi connectivity index (χ1v) is 6.48. The summed E-state index contributed by atoms with van der Waals surface area (Å²) in [5.41, 5.74) is -0.521. The van der Waals surface area contributed by atoms with Crippen molar-refractivity contribution in [3.63, 3.8) is 0 Å². The van der Waals surface area contributed by atoms with Crippen LogP contribution in [0.1, 0.15) is 23.2 Å². The fraction of sp³-hybridized carbons (Fsp3) is 0.500. The SMILES string of the molecule is COc1ccc(C(=O)NC2(CO)CCOCC2)c(O)c1. The second kappa shape index (κ2) is 6.11. The Kier molecular flexibility index (Phi) is 4.46. The van der Waals surface area contributed by atoms with Crippen molar-refractivity contribution in [2.45, 2.75) is 18.4 Å². The van der Waals surface area contributed by atoms with E-state index in [4.69, 9.17) is 9.47 Å².